The molecular weight excluding hydrogens is 383 g/mol. The Hall–Kier alpha value is -3.29. The number of rotatable bonds is 6. The van der Waals surface area contributed by atoms with Crippen LogP contribution in [0.3, 0.4) is 0 Å². The second-order valence-corrected chi connectivity index (χ2v) is 7.29. The molecule has 3 aromatic rings. The number of hydrogen-bond acceptors (Lipinski definition) is 2. The maximum Gasteiger partial charge on any atom is 0.243 e. The van der Waals surface area contributed by atoms with Crippen molar-refractivity contribution in [2.75, 3.05) is 0 Å². The lowest BCUT2D eigenvalue weighted by Gasteiger charge is -2.13. The van der Waals surface area contributed by atoms with Gasteiger partial charge in [-0.25, -0.2) is 13.2 Å². The zero-order valence-electron chi connectivity index (χ0n) is 15.3. The number of primary amides is 1. The molecule has 1 fully saturated rings. The van der Waals surface area contributed by atoms with E-state index in [0.29, 0.717) is 35.0 Å². The van der Waals surface area contributed by atoms with Gasteiger partial charge in [0.15, 0.2) is 0 Å². The van der Waals surface area contributed by atoms with Gasteiger partial charge in [0.25, 0.3) is 0 Å². The molecule has 8 heteroatoms. The number of amides is 2. The molecule has 1 aromatic heterocycles. The van der Waals surface area contributed by atoms with E-state index in [4.69, 9.17) is 5.73 Å². The minimum atomic E-state index is -0.977. The Morgan fingerprint density at radius 2 is 1.76 bits per heavy atom. The fourth-order valence-electron chi connectivity index (χ4n) is 3.52. The Labute approximate surface area is 164 Å². The molecule has 4 rings (SSSR count). The van der Waals surface area contributed by atoms with E-state index >= 15 is 0 Å². The zero-order valence-corrected chi connectivity index (χ0v) is 15.3. The summed E-state index contributed by atoms with van der Waals surface area (Å²) in [7, 11) is 0. The van der Waals surface area contributed by atoms with Crippen molar-refractivity contribution < 1.29 is 22.8 Å². The zero-order chi connectivity index (χ0) is 20.8. The Morgan fingerprint density at radius 3 is 2.38 bits per heavy atom. The highest BCUT2D eigenvalue weighted by molar-refractivity contribution is 5.94. The van der Waals surface area contributed by atoms with Gasteiger partial charge in [0, 0.05) is 23.6 Å². The summed E-state index contributed by atoms with van der Waals surface area (Å²) in [6.45, 7) is 0. The lowest BCUT2D eigenvalue weighted by molar-refractivity contribution is -0.128. The summed E-state index contributed by atoms with van der Waals surface area (Å²) in [5.74, 6) is -2.88. The molecule has 1 heterocycles. The Morgan fingerprint density at radius 1 is 1.07 bits per heavy atom. The van der Waals surface area contributed by atoms with E-state index in [1.807, 2.05) is 0 Å². The minimum Gasteiger partial charge on any atom is -0.368 e. The number of nitrogens with one attached hydrogen (secondary N) is 2. The first-order chi connectivity index (χ1) is 13.8. The summed E-state index contributed by atoms with van der Waals surface area (Å²) >= 11 is 0. The molecule has 2 amide bonds. The first-order valence-electron chi connectivity index (χ1n) is 9.15. The highest BCUT2D eigenvalue weighted by Crippen LogP contribution is 2.36. The highest BCUT2D eigenvalue weighted by atomic mass is 19.1. The van der Waals surface area contributed by atoms with Crippen LogP contribution in [-0.4, -0.2) is 22.3 Å². The van der Waals surface area contributed by atoms with Crippen LogP contribution < -0.4 is 11.1 Å². The maximum atomic E-state index is 14.3. The average Bonchev–Trinajstić information content (AvgIpc) is 3.35. The van der Waals surface area contributed by atoms with E-state index in [1.165, 1.54) is 30.3 Å². The highest BCUT2D eigenvalue weighted by Gasteiger charge is 2.49. The van der Waals surface area contributed by atoms with Crippen LogP contribution in [0.5, 0.6) is 0 Å². The molecule has 0 aliphatic heterocycles. The van der Waals surface area contributed by atoms with E-state index in [9.17, 15) is 22.8 Å². The second-order valence-electron chi connectivity index (χ2n) is 7.29. The summed E-state index contributed by atoms with van der Waals surface area (Å²) < 4.78 is 41.4. The number of nitrogens with two attached hydrogens (primary N) is 1. The number of hydrogen-bond donors (Lipinski definition) is 3. The maximum absolute atomic E-state index is 14.3. The molecule has 0 saturated heterocycles. The van der Waals surface area contributed by atoms with Gasteiger partial charge >= 0.3 is 0 Å². The lowest BCUT2D eigenvalue weighted by Crippen LogP contribution is -2.46. The van der Waals surface area contributed by atoms with Crippen LogP contribution >= 0.6 is 0 Å². The Kier molecular flexibility index (Phi) is 4.56. The number of halogens is 3. The monoisotopic (exact) mass is 401 g/mol. The molecule has 29 heavy (non-hydrogen) atoms. The van der Waals surface area contributed by atoms with Gasteiger partial charge < -0.3 is 16.0 Å². The van der Waals surface area contributed by atoms with Gasteiger partial charge in [-0.2, -0.15) is 0 Å². The molecule has 5 nitrogen and oxygen atoms in total. The summed E-state index contributed by atoms with van der Waals surface area (Å²) in [6, 6.07) is 7.53. The van der Waals surface area contributed by atoms with Crippen molar-refractivity contribution in [1.29, 1.82) is 0 Å². The van der Waals surface area contributed by atoms with Crippen molar-refractivity contribution >= 4 is 22.7 Å². The molecule has 1 saturated carbocycles. The van der Waals surface area contributed by atoms with Crippen LogP contribution in [0.1, 0.15) is 24.8 Å². The van der Waals surface area contributed by atoms with Gasteiger partial charge in [-0.15, -0.1) is 0 Å². The standard InChI is InChI=1S/C21H18F3N3O2/c22-12-3-1-11(2-4-12)18-14(15-9-13(23)10-16(24)19(15)26-18)5-6-17(28)27-21(7-8-21)20(25)29/h1-4,9-10,26H,5-8H2,(H2,25,29)(H,27,28). The molecule has 0 unspecified atom stereocenters. The number of H-pyrrole nitrogens is 1. The molecule has 0 atom stereocenters. The number of fused-ring (bicyclic) bond motifs is 1. The van der Waals surface area contributed by atoms with Crippen LogP contribution in [0.15, 0.2) is 36.4 Å². The third-order valence-electron chi connectivity index (χ3n) is 5.27. The summed E-state index contributed by atoms with van der Waals surface area (Å²) in [5, 5.41) is 2.96. The van der Waals surface area contributed by atoms with Gasteiger partial charge in [-0.05, 0) is 60.7 Å². The van der Waals surface area contributed by atoms with Crippen molar-refractivity contribution in [2.24, 2.45) is 5.73 Å². The fourth-order valence-corrected chi connectivity index (χ4v) is 3.52. The molecule has 0 radical (unpaired) electrons. The summed E-state index contributed by atoms with van der Waals surface area (Å²) in [6.07, 6.45) is 1.15. The normalized spacial score (nSPS) is 14.7. The van der Waals surface area contributed by atoms with Crippen molar-refractivity contribution in [2.45, 2.75) is 31.2 Å². The molecular formula is C21H18F3N3O2. The number of benzene rings is 2. The predicted molar refractivity (Wildman–Crippen MR) is 101 cm³/mol. The van der Waals surface area contributed by atoms with Gasteiger partial charge in [-0.3, -0.25) is 9.59 Å². The quantitative estimate of drug-likeness (QED) is 0.592. The molecule has 0 bridgehead atoms. The van der Waals surface area contributed by atoms with Crippen LogP contribution in [0.4, 0.5) is 13.2 Å². The Bertz CT molecular complexity index is 1120. The number of aromatic amines is 1. The van der Waals surface area contributed by atoms with Crippen LogP contribution in [0.2, 0.25) is 0 Å². The predicted octanol–water partition coefficient (Wildman–Crippen LogP) is 3.32. The number of aromatic nitrogens is 1. The number of carbonyl (C=O) groups excluding carboxylic acids is 2. The van der Waals surface area contributed by atoms with E-state index in [-0.39, 0.29) is 24.3 Å². The van der Waals surface area contributed by atoms with Gasteiger partial charge in [0.2, 0.25) is 11.8 Å². The van der Waals surface area contributed by atoms with Gasteiger partial charge in [0.1, 0.15) is 23.0 Å². The molecule has 150 valence electrons. The topological polar surface area (TPSA) is 88.0 Å². The fraction of sp³-hybridized carbons (Fsp3) is 0.238. The average molecular weight is 401 g/mol. The van der Waals surface area contributed by atoms with E-state index in [2.05, 4.69) is 10.3 Å². The van der Waals surface area contributed by atoms with E-state index in [1.54, 1.807) is 0 Å². The first kappa shape index (κ1) is 19.0. The van der Waals surface area contributed by atoms with Crippen LogP contribution in [0.25, 0.3) is 22.2 Å². The SMILES string of the molecule is NC(=O)C1(NC(=O)CCc2c(-c3ccc(F)cc3)[nH]c3c(F)cc(F)cc23)CC1. The van der Waals surface area contributed by atoms with Crippen LogP contribution in [0, 0.1) is 17.5 Å². The van der Waals surface area contributed by atoms with Crippen molar-refractivity contribution in [1.82, 2.24) is 10.3 Å². The largest absolute Gasteiger partial charge is 0.368 e. The van der Waals surface area contributed by atoms with E-state index < -0.39 is 28.9 Å². The number of carbonyl (C=O) groups is 2. The Balaban J connectivity index is 1.68. The third-order valence-corrected chi connectivity index (χ3v) is 5.27. The van der Waals surface area contributed by atoms with Crippen molar-refractivity contribution in [3.05, 3.63) is 59.4 Å². The van der Waals surface area contributed by atoms with Crippen molar-refractivity contribution in [3.63, 3.8) is 0 Å². The van der Waals surface area contributed by atoms with Crippen LogP contribution in [-0.2, 0) is 16.0 Å². The smallest absolute Gasteiger partial charge is 0.243 e. The summed E-state index contributed by atoms with van der Waals surface area (Å²) in [5.41, 5.74) is 6.04. The first-order valence-corrected chi connectivity index (χ1v) is 9.15. The van der Waals surface area contributed by atoms with Gasteiger partial charge in [-0.1, -0.05) is 0 Å². The van der Waals surface area contributed by atoms with E-state index in [0.717, 1.165) is 6.07 Å². The minimum absolute atomic E-state index is 0.00564. The molecule has 1 aliphatic carbocycles. The van der Waals surface area contributed by atoms with Gasteiger partial charge in [0.05, 0.1) is 5.52 Å². The molecule has 2 aromatic carbocycles. The lowest BCUT2D eigenvalue weighted by atomic mass is 10.0. The number of aryl methyl sites for hydroxylation is 1. The molecule has 4 N–H and O–H groups in total. The van der Waals surface area contributed by atoms with Crippen molar-refractivity contribution in [3.8, 4) is 11.3 Å². The summed E-state index contributed by atoms with van der Waals surface area (Å²) in [4.78, 5) is 26.7. The molecule has 1 aliphatic rings. The second kappa shape index (κ2) is 6.95. The third kappa shape index (κ3) is 3.57. The molecule has 0 spiro atoms.